The van der Waals surface area contributed by atoms with Gasteiger partial charge in [0.1, 0.15) is 0 Å². The zero-order valence-electron chi connectivity index (χ0n) is 12.6. The fraction of sp³-hybridized carbons (Fsp3) is 1.00. The van der Waals surface area contributed by atoms with Gasteiger partial charge in [0.25, 0.3) is 0 Å². The summed E-state index contributed by atoms with van der Waals surface area (Å²) < 4.78 is 0. The number of nitrogens with zero attached hydrogens (tertiary/aromatic N) is 1. The van der Waals surface area contributed by atoms with E-state index in [1.165, 1.54) is 58.0 Å². The van der Waals surface area contributed by atoms with Crippen molar-refractivity contribution < 1.29 is 0 Å². The summed E-state index contributed by atoms with van der Waals surface area (Å²) in [7, 11) is 2.15. The molecule has 2 aliphatic rings. The average molecular weight is 252 g/mol. The van der Waals surface area contributed by atoms with Gasteiger partial charge in [-0.05, 0) is 64.5 Å². The van der Waals surface area contributed by atoms with E-state index in [4.69, 9.17) is 0 Å². The van der Waals surface area contributed by atoms with Crippen LogP contribution in [0, 0.1) is 11.8 Å². The molecule has 0 aromatic heterocycles. The van der Waals surface area contributed by atoms with Crippen LogP contribution in [-0.2, 0) is 0 Å². The van der Waals surface area contributed by atoms with E-state index in [1.54, 1.807) is 0 Å². The Kier molecular flexibility index (Phi) is 5.50. The molecule has 0 bridgehead atoms. The molecule has 4 unspecified atom stereocenters. The lowest BCUT2D eigenvalue weighted by Gasteiger charge is -2.39. The third-order valence-corrected chi connectivity index (χ3v) is 5.28. The Morgan fingerprint density at radius 3 is 2.67 bits per heavy atom. The van der Waals surface area contributed by atoms with E-state index in [0.717, 1.165) is 23.9 Å². The quantitative estimate of drug-likeness (QED) is 0.829. The lowest BCUT2D eigenvalue weighted by atomic mass is 9.78. The second kappa shape index (κ2) is 6.91. The van der Waals surface area contributed by atoms with Gasteiger partial charge in [-0.2, -0.15) is 0 Å². The van der Waals surface area contributed by atoms with Crippen molar-refractivity contribution >= 4 is 0 Å². The molecule has 0 amide bonds. The van der Waals surface area contributed by atoms with E-state index < -0.39 is 0 Å². The van der Waals surface area contributed by atoms with Gasteiger partial charge in [-0.1, -0.05) is 19.8 Å². The predicted octanol–water partition coefficient (Wildman–Crippen LogP) is 3.28. The molecule has 2 fully saturated rings. The Balaban J connectivity index is 1.92. The summed E-state index contributed by atoms with van der Waals surface area (Å²) in [6, 6.07) is 1.57. The lowest BCUT2D eigenvalue weighted by Crippen LogP contribution is -2.46. The van der Waals surface area contributed by atoms with Crippen LogP contribution in [0.1, 0.15) is 58.8 Å². The van der Waals surface area contributed by atoms with E-state index >= 15 is 0 Å². The molecule has 4 atom stereocenters. The fourth-order valence-electron chi connectivity index (χ4n) is 3.99. The maximum atomic E-state index is 3.57. The van der Waals surface area contributed by atoms with Gasteiger partial charge in [0.2, 0.25) is 0 Å². The zero-order valence-corrected chi connectivity index (χ0v) is 12.6. The first-order valence-electron chi connectivity index (χ1n) is 8.12. The highest BCUT2D eigenvalue weighted by Gasteiger charge is 2.30. The number of hydrogen-bond acceptors (Lipinski definition) is 2. The van der Waals surface area contributed by atoms with Crippen molar-refractivity contribution in [1.29, 1.82) is 0 Å². The molecule has 1 saturated heterocycles. The maximum absolute atomic E-state index is 3.57. The van der Waals surface area contributed by atoms with E-state index in [9.17, 15) is 0 Å². The van der Waals surface area contributed by atoms with Crippen LogP contribution in [0.15, 0.2) is 0 Å². The average Bonchev–Trinajstić information content (AvgIpc) is 2.55. The minimum atomic E-state index is 0.761. The first-order chi connectivity index (χ1) is 8.70. The summed E-state index contributed by atoms with van der Waals surface area (Å²) in [4.78, 5) is 2.78. The highest BCUT2D eigenvalue weighted by Crippen LogP contribution is 2.30. The van der Waals surface area contributed by atoms with Gasteiger partial charge in [-0.15, -0.1) is 0 Å². The second-order valence-corrected chi connectivity index (χ2v) is 6.77. The van der Waals surface area contributed by atoms with Gasteiger partial charge in [-0.25, -0.2) is 0 Å². The summed E-state index contributed by atoms with van der Waals surface area (Å²) >= 11 is 0. The van der Waals surface area contributed by atoms with E-state index in [2.05, 4.69) is 31.1 Å². The molecule has 2 nitrogen and oxygen atoms in total. The fourth-order valence-corrected chi connectivity index (χ4v) is 3.99. The van der Waals surface area contributed by atoms with Crippen LogP contribution >= 0.6 is 0 Å². The highest BCUT2D eigenvalue weighted by molar-refractivity contribution is 4.86. The largest absolute Gasteiger partial charge is 0.317 e. The molecular weight excluding hydrogens is 220 g/mol. The predicted molar refractivity (Wildman–Crippen MR) is 78.9 cm³/mol. The first kappa shape index (κ1) is 14.3. The van der Waals surface area contributed by atoms with Gasteiger partial charge < -0.3 is 10.2 Å². The van der Waals surface area contributed by atoms with E-state index in [-0.39, 0.29) is 0 Å². The number of rotatable bonds is 3. The van der Waals surface area contributed by atoms with E-state index in [1.807, 2.05) is 0 Å². The van der Waals surface area contributed by atoms with Gasteiger partial charge >= 0.3 is 0 Å². The lowest BCUT2D eigenvalue weighted by molar-refractivity contribution is 0.123. The Bertz CT molecular complexity index is 241. The molecular formula is C16H32N2. The van der Waals surface area contributed by atoms with Gasteiger partial charge in [0.05, 0.1) is 0 Å². The van der Waals surface area contributed by atoms with Crippen LogP contribution in [0.4, 0.5) is 0 Å². The summed E-state index contributed by atoms with van der Waals surface area (Å²) in [6.45, 7) is 7.54. The molecule has 2 rings (SSSR count). The van der Waals surface area contributed by atoms with Crippen molar-refractivity contribution in [2.75, 3.05) is 20.1 Å². The second-order valence-electron chi connectivity index (χ2n) is 6.77. The van der Waals surface area contributed by atoms with Crippen LogP contribution in [-0.4, -0.2) is 37.1 Å². The van der Waals surface area contributed by atoms with Crippen LogP contribution in [0.5, 0.6) is 0 Å². The van der Waals surface area contributed by atoms with Crippen LogP contribution in [0.25, 0.3) is 0 Å². The molecule has 0 aromatic carbocycles. The van der Waals surface area contributed by atoms with Gasteiger partial charge in [0, 0.05) is 18.6 Å². The van der Waals surface area contributed by atoms with Gasteiger partial charge in [-0.3, -0.25) is 0 Å². The molecule has 0 spiro atoms. The maximum Gasteiger partial charge on any atom is 0.0105 e. The molecule has 1 saturated carbocycles. The molecule has 1 N–H and O–H groups in total. The van der Waals surface area contributed by atoms with Crippen molar-refractivity contribution in [1.82, 2.24) is 10.2 Å². The van der Waals surface area contributed by atoms with E-state index in [0.29, 0.717) is 0 Å². The van der Waals surface area contributed by atoms with Crippen molar-refractivity contribution in [2.45, 2.75) is 70.9 Å². The smallest absolute Gasteiger partial charge is 0.0105 e. The molecule has 0 aromatic rings. The minimum absolute atomic E-state index is 0.761. The Labute approximate surface area is 114 Å². The third kappa shape index (κ3) is 3.71. The Morgan fingerprint density at radius 2 is 1.89 bits per heavy atom. The molecule has 2 heteroatoms. The van der Waals surface area contributed by atoms with Gasteiger partial charge in [0.15, 0.2) is 0 Å². The highest BCUT2D eigenvalue weighted by atomic mass is 15.2. The minimum Gasteiger partial charge on any atom is -0.317 e. The van der Waals surface area contributed by atoms with Crippen LogP contribution < -0.4 is 5.32 Å². The Hall–Kier alpha value is -0.0800. The molecule has 1 heterocycles. The van der Waals surface area contributed by atoms with Crippen molar-refractivity contribution in [3.05, 3.63) is 0 Å². The standard InChI is InChI=1S/C16H32N2/c1-13-8-9-16(17-3)15(11-13)12-18-10-6-4-5-7-14(18)2/h13-17H,4-12H2,1-3H3. The number of likely N-dealkylation sites (tertiary alicyclic amines) is 1. The summed E-state index contributed by atoms with van der Waals surface area (Å²) in [5.74, 6) is 1.81. The molecule has 18 heavy (non-hydrogen) atoms. The van der Waals surface area contributed by atoms with Crippen molar-refractivity contribution in [3.63, 3.8) is 0 Å². The zero-order chi connectivity index (χ0) is 13.0. The molecule has 106 valence electrons. The first-order valence-corrected chi connectivity index (χ1v) is 8.12. The summed E-state index contributed by atoms with van der Waals surface area (Å²) in [6.07, 6.45) is 9.92. The molecule has 1 aliphatic heterocycles. The van der Waals surface area contributed by atoms with Crippen molar-refractivity contribution in [2.24, 2.45) is 11.8 Å². The topological polar surface area (TPSA) is 15.3 Å². The molecule has 0 radical (unpaired) electrons. The monoisotopic (exact) mass is 252 g/mol. The normalized spacial score (nSPS) is 39.5. The molecule has 1 aliphatic carbocycles. The summed E-state index contributed by atoms with van der Waals surface area (Å²) in [5, 5.41) is 3.57. The summed E-state index contributed by atoms with van der Waals surface area (Å²) in [5.41, 5.74) is 0. The SMILES string of the molecule is CNC1CCC(C)CC1CN1CCCCCC1C. The number of nitrogens with one attached hydrogen (secondary N) is 1. The van der Waals surface area contributed by atoms with Crippen LogP contribution in [0.3, 0.4) is 0 Å². The Morgan fingerprint density at radius 1 is 1.06 bits per heavy atom. The number of hydrogen-bond donors (Lipinski definition) is 1. The van der Waals surface area contributed by atoms with Crippen LogP contribution in [0.2, 0.25) is 0 Å². The van der Waals surface area contributed by atoms with Crippen molar-refractivity contribution in [3.8, 4) is 0 Å². The third-order valence-electron chi connectivity index (χ3n) is 5.28.